The fraction of sp³-hybridized carbons (Fsp3) is 0.545. The summed E-state index contributed by atoms with van der Waals surface area (Å²) in [5.74, 6) is 0.0564. The Hall–Kier alpha value is -1.38. The van der Waals surface area contributed by atoms with Gasteiger partial charge in [-0.05, 0) is 36.0 Å². The van der Waals surface area contributed by atoms with Gasteiger partial charge in [0.25, 0.3) is 5.91 Å². The molecular weight excluding hydrogens is 455 g/mol. The Morgan fingerprint density at radius 3 is 2.68 bits per heavy atom. The van der Waals surface area contributed by atoms with Crippen LogP contribution in [0.15, 0.2) is 24.4 Å². The van der Waals surface area contributed by atoms with Gasteiger partial charge in [0.2, 0.25) is 0 Å². The molecule has 6 nitrogen and oxygen atoms in total. The lowest BCUT2D eigenvalue weighted by Crippen LogP contribution is -2.34. The van der Waals surface area contributed by atoms with Crippen LogP contribution in [0.25, 0.3) is 16.0 Å². The van der Waals surface area contributed by atoms with Gasteiger partial charge in [0.1, 0.15) is 4.88 Å². The zero-order valence-electron chi connectivity index (χ0n) is 18.5. The Kier molecular flexibility index (Phi) is 8.76. The lowest BCUT2D eigenvalue weighted by Gasteiger charge is -2.26. The molecule has 3 aromatic rings. The Labute approximate surface area is 200 Å². The van der Waals surface area contributed by atoms with Crippen LogP contribution in [-0.2, 0) is 11.3 Å². The molecule has 31 heavy (non-hydrogen) atoms. The van der Waals surface area contributed by atoms with Gasteiger partial charge >= 0.3 is 0 Å². The molecule has 0 bridgehead atoms. The molecule has 1 fully saturated rings. The third-order valence-electron chi connectivity index (χ3n) is 5.25. The third kappa shape index (κ3) is 6.11. The van der Waals surface area contributed by atoms with Crippen molar-refractivity contribution in [2.75, 3.05) is 26.8 Å². The standard InChI is InChI=1S/C22H30N4O2S.2ClH/c1-22(2,3)14-25(4)20(27)19-13-26-18-11-15(5-6-17(18)24-21(26)29-19)12-23-16-7-9-28-10-8-16;;/h5-6,11,13,16,23H,7-10,12,14H2,1-4H3;2*1H. The molecule has 0 saturated carbocycles. The average molecular weight is 487 g/mol. The van der Waals surface area contributed by atoms with Crippen molar-refractivity contribution in [3.8, 4) is 0 Å². The van der Waals surface area contributed by atoms with Gasteiger partial charge in [-0.3, -0.25) is 9.20 Å². The second-order valence-corrected chi connectivity index (χ2v) is 10.2. The number of thiazole rings is 1. The SMILES string of the molecule is CN(CC(C)(C)C)C(=O)c1cn2c(nc3ccc(CNC4CCOCC4)cc32)s1.Cl.Cl. The highest BCUT2D eigenvalue weighted by molar-refractivity contribution is 7.18. The highest BCUT2D eigenvalue weighted by Gasteiger charge is 2.22. The van der Waals surface area contributed by atoms with E-state index in [0.717, 1.165) is 60.0 Å². The van der Waals surface area contributed by atoms with E-state index in [9.17, 15) is 4.79 Å². The van der Waals surface area contributed by atoms with E-state index < -0.39 is 0 Å². The molecular formula is C22H32Cl2N4O2S. The molecule has 1 amide bonds. The monoisotopic (exact) mass is 486 g/mol. The zero-order valence-corrected chi connectivity index (χ0v) is 21.0. The van der Waals surface area contributed by atoms with Gasteiger partial charge in [-0.2, -0.15) is 0 Å². The zero-order chi connectivity index (χ0) is 20.6. The van der Waals surface area contributed by atoms with Gasteiger partial charge in [0, 0.05) is 45.6 Å². The Bertz CT molecular complexity index is 1020. The van der Waals surface area contributed by atoms with Crippen molar-refractivity contribution in [1.29, 1.82) is 0 Å². The number of imidazole rings is 1. The lowest BCUT2D eigenvalue weighted by molar-refractivity contribution is 0.0750. The fourth-order valence-corrected chi connectivity index (χ4v) is 4.89. The first-order valence-corrected chi connectivity index (χ1v) is 11.1. The van der Waals surface area contributed by atoms with Crippen molar-refractivity contribution in [3.63, 3.8) is 0 Å². The third-order valence-corrected chi connectivity index (χ3v) is 6.22. The highest BCUT2D eigenvalue weighted by Crippen LogP contribution is 2.26. The number of rotatable bonds is 5. The molecule has 1 aliphatic heterocycles. The van der Waals surface area contributed by atoms with E-state index in [2.05, 4.69) is 48.7 Å². The van der Waals surface area contributed by atoms with E-state index >= 15 is 0 Å². The number of nitrogens with zero attached hydrogens (tertiary/aromatic N) is 3. The number of nitrogens with one attached hydrogen (secondary N) is 1. The summed E-state index contributed by atoms with van der Waals surface area (Å²) in [4.78, 5) is 21.0. The minimum Gasteiger partial charge on any atom is -0.381 e. The van der Waals surface area contributed by atoms with Crippen LogP contribution in [0.1, 0.15) is 48.8 Å². The lowest BCUT2D eigenvalue weighted by atomic mass is 9.96. The van der Waals surface area contributed by atoms with E-state index in [1.807, 2.05) is 13.2 Å². The van der Waals surface area contributed by atoms with E-state index in [-0.39, 0.29) is 36.1 Å². The first-order chi connectivity index (χ1) is 13.8. The molecule has 9 heteroatoms. The average Bonchev–Trinajstić information content (AvgIpc) is 3.23. The number of hydrogen-bond donors (Lipinski definition) is 1. The summed E-state index contributed by atoms with van der Waals surface area (Å²) < 4.78 is 7.48. The minimum atomic E-state index is 0. The molecule has 3 heterocycles. The van der Waals surface area contributed by atoms with E-state index in [0.29, 0.717) is 6.04 Å². The highest BCUT2D eigenvalue weighted by atomic mass is 35.5. The fourth-order valence-electron chi connectivity index (χ4n) is 3.90. The smallest absolute Gasteiger partial charge is 0.265 e. The molecule has 1 aliphatic rings. The van der Waals surface area contributed by atoms with Gasteiger partial charge in [0.05, 0.1) is 11.0 Å². The van der Waals surface area contributed by atoms with Gasteiger partial charge in [0.15, 0.2) is 4.96 Å². The molecule has 0 atom stereocenters. The summed E-state index contributed by atoms with van der Waals surface area (Å²) in [6.45, 7) is 9.65. The van der Waals surface area contributed by atoms with Crippen LogP contribution >= 0.6 is 36.2 Å². The first kappa shape index (κ1) is 25.9. The predicted molar refractivity (Wildman–Crippen MR) is 132 cm³/mol. The van der Waals surface area contributed by atoms with Crippen LogP contribution < -0.4 is 5.32 Å². The molecule has 1 N–H and O–H groups in total. The Morgan fingerprint density at radius 2 is 2.00 bits per heavy atom. The summed E-state index contributed by atoms with van der Waals surface area (Å²) in [5.41, 5.74) is 3.32. The van der Waals surface area contributed by atoms with Crippen LogP contribution in [0.4, 0.5) is 0 Å². The number of aromatic nitrogens is 2. The summed E-state index contributed by atoms with van der Waals surface area (Å²) in [6, 6.07) is 6.91. The maximum Gasteiger partial charge on any atom is 0.265 e. The number of ether oxygens (including phenoxy) is 1. The van der Waals surface area contributed by atoms with Crippen molar-refractivity contribution in [3.05, 3.63) is 34.8 Å². The maximum atomic E-state index is 12.8. The van der Waals surface area contributed by atoms with E-state index in [1.165, 1.54) is 16.9 Å². The van der Waals surface area contributed by atoms with Crippen LogP contribution in [0.2, 0.25) is 0 Å². The van der Waals surface area contributed by atoms with Crippen molar-refractivity contribution >= 4 is 58.1 Å². The summed E-state index contributed by atoms with van der Waals surface area (Å²) in [6.07, 6.45) is 4.07. The minimum absolute atomic E-state index is 0. The maximum absolute atomic E-state index is 12.8. The molecule has 0 unspecified atom stereocenters. The first-order valence-electron chi connectivity index (χ1n) is 10.3. The quantitative estimate of drug-likeness (QED) is 0.563. The van der Waals surface area contributed by atoms with Gasteiger partial charge in [-0.1, -0.05) is 38.2 Å². The van der Waals surface area contributed by atoms with Crippen molar-refractivity contribution < 1.29 is 9.53 Å². The number of halogens is 2. The second kappa shape index (κ2) is 10.5. The largest absolute Gasteiger partial charge is 0.381 e. The number of amides is 1. The predicted octanol–water partition coefficient (Wildman–Crippen LogP) is 4.78. The number of carbonyl (C=O) groups excluding carboxylic acids is 1. The molecule has 172 valence electrons. The molecule has 1 saturated heterocycles. The Balaban J connectivity index is 0.00000171. The van der Waals surface area contributed by atoms with Gasteiger partial charge in [-0.25, -0.2) is 4.98 Å². The van der Waals surface area contributed by atoms with Crippen molar-refractivity contribution in [1.82, 2.24) is 19.6 Å². The number of benzene rings is 1. The molecule has 0 radical (unpaired) electrons. The van der Waals surface area contributed by atoms with Gasteiger partial charge < -0.3 is 15.0 Å². The second-order valence-electron chi connectivity index (χ2n) is 9.17. The van der Waals surface area contributed by atoms with Crippen LogP contribution in [-0.4, -0.2) is 53.0 Å². The van der Waals surface area contributed by atoms with Crippen LogP contribution in [0, 0.1) is 5.41 Å². The van der Waals surface area contributed by atoms with Crippen LogP contribution in [0.5, 0.6) is 0 Å². The van der Waals surface area contributed by atoms with E-state index in [1.54, 1.807) is 4.90 Å². The number of hydrogen-bond acceptors (Lipinski definition) is 5. The molecule has 4 rings (SSSR count). The van der Waals surface area contributed by atoms with Crippen molar-refractivity contribution in [2.24, 2.45) is 5.41 Å². The molecule has 2 aromatic heterocycles. The van der Waals surface area contributed by atoms with Crippen molar-refractivity contribution in [2.45, 2.75) is 46.2 Å². The summed E-state index contributed by atoms with van der Waals surface area (Å²) >= 11 is 1.46. The van der Waals surface area contributed by atoms with Crippen LogP contribution in [0.3, 0.4) is 0 Å². The van der Waals surface area contributed by atoms with Gasteiger partial charge in [-0.15, -0.1) is 24.8 Å². The normalized spacial score (nSPS) is 15.0. The molecule has 0 aliphatic carbocycles. The molecule has 0 spiro atoms. The van der Waals surface area contributed by atoms with E-state index in [4.69, 9.17) is 9.72 Å². The number of fused-ring (bicyclic) bond motifs is 3. The molecule has 1 aromatic carbocycles. The Morgan fingerprint density at radius 1 is 1.29 bits per heavy atom. The topological polar surface area (TPSA) is 58.9 Å². The summed E-state index contributed by atoms with van der Waals surface area (Å²) in [5, 5.41) is 3.64. The summed E-state index contributed by atoms with van der Waals surface area (Å²) in [7, 11) is 1.87. The number of carbonyl (C=O) groups is 1.